The van der Waals surface area contributed by atoms with E-state index in [1.165, 1.54) is 4.68 Å². The molecule has 3 aromatic rings. The van der Waals surface area contributed by atoms with Gasteiger partial charge in [0.2, 0.25) is 0 Å². The Morgan fingerprint density at radius 3 is 2.03 bits per heavy atom. The van der Waals surface area contributed by atoms with Gasteiger partial charge in [-0.05, 0) is 48.5 Å². The number of aryl methyl sites for hydroxylation is 1. The van der Waals surface area contributed by atoms with E-state index in [2.05, 4.69) is 10.7 Å². The molecule has 30 heavy (non-hydrogen) atoms. The first-order valence-electron chi connectivity index (χ1n) is 8.90. The summed E-state index contributed by atoms with van der Waals surface area (Å²) in [6.07, 6.45) is 0.0406. The Labute approximate surface area is 182 Å². The molecule has 0 aliphatic rings. The highest BCUT2D eigenvalue weighted by Crippen LogP contribution is 2.24. The molecule has 1 aromatic heterocycles. The first kappa shape index (κ1) is 21.4. The average Bonchev–Trinajstić information content (AvgIpc) is 3.11. The Bertz CT molecular complexity index is 1080. The van der Waals surface area contributed by atoms with Crippen LogP contribution in [0.15, 0.2) is 60.7 Å². The lowest BCUT2D eigenvalue weighted by atomic mass is 10.2. The summed E-state index contributed by atoms with van der Waals surface area (Å²) in [6, 6.07) is 16.7. The summed E-state index contributed by atoms with van der Waals surface area (Å²) in [7, 11) is 0. The van der Waals surface area contributed by atoms with Crippen molar-refractivity contribution in [2.75, 3.05) is 10.7 Å². The van der Waals surface area contributed by atoms with Crippen molar-refractivity contribution in [2.24, 2.45) is 0 Å². The molecule has 0 fully saturated rings. The van der Waals surface area contributed by atoms with E-state index in [0.29, 0.717) is 27.1 Å². The average molecular weight is 446 g/mol. The molecule has 0 saturated heterocycles. The van der Waals surface area contributed by atoms with Gasteiger partial charge in [-0.3, -0.25) is 24.5 Å². The molecule has 2 amide bonds. The zero-order valence-corrected chi connectivity index (χ0v) is 17.1. The third kappa shape index (κ3) is 5.40. The maximum absolute atomic E-state index is 12.5. The van der Waals surface area contributed by atoms with Crippen molar-refractivity contribution in [3.05, 3.63) is 76.4 Å². The van der Waals surface area contributed by atoms with Crippen LogP contribution in [0.4, 0.5) is 5.69 Å². The third-order valence-electron chi connectivity index (χ3n) is 4.22. The summed E-state index contributed by atoms with van der Waals surface area (Å²) in [4.78, 5) is 35.8. The minimum absolute atomic E-state index is 0.128. The van der Waals surface area contributed by atoms with Crippen LogP contribution in [0.3, 0.4) is 0 Å². The first-order valence-corrected chi connectivity index (χ1v) is 9.65. The lowest BCUT2D eigenvalue weighted by molar-refractivity contribution is -0.137. The van der Waals surface area contributed by atoms with Gasteiger partial charge in [-0.25, -0.2) is 0 Å². The molecule has 3 N–H and O–H groups in total. The first-order chi connectivity index (χ1) is 14.3. The Morgan fingerprint density at radius 2 is 1.43 bits per heavy atom. The number of nitrogens with zero attached hydrogens (tertiary/aromatic N) is 1. The van der Waals surface area contributed by atoms with E-state index < -0.39 is 17.8 Å². The number of benzene rings is 2. The summed E-state index contributed by atoms with van der Waals surface area (Å²) >= 11 is 11.8. The number of carbonyl (C=O) groups excluding carboxylic acids is 2. The van der Waals surface area contributed by atoms with Crippen molar-refractivity contribution in [2.45, 2.75) is 12.8 Å². The van der Waals surface area contributed by atoms with Gasteiger partial charge in [-0.2, -0.15) is 0 Å². The lowest BCUT2D eigenvalue weighted by Crippen LogP contribution is -2.35. The zero-order chi connectivity index (χ0) is 21.7. The van der Waals surface area contributed by atoms with Crippen molar-refractivity contribution in [1.29, 1.82) is 0 Å². The number of nitrogens with one attached hydrogen (secondary N) is 2. The molecule has 3 rings (SSSR count). The predicted molar refractivity (Wildman–Crippen MR) is 115 cm³/mol. The number of halogens is 2. The van der Waals surface area contributed by atoms with Crippen LogP contribution in [0.1, 0.15) is 12.1 Å². The second-order valence-electron chi connectivity index (χ2n) is 6.35. The van der Waals surface area contributed by atoms with Crippen molar-refractivity contribution < 1.29 is 19.5 Å². The SMILES string of the molecule is O=C(O)CCc1ccc(-c2ccc(Cl)cc2)n1NC(=O)C(=O)Nc1ccc(Cl)cc1. The lowest BCUT2D eigenvalue weighted by Gasteiger charge is -2.15. The predicted octanol–water partition coefficient (Wildman–Crippen LogP) is 4.19. The van der Waals surface area contributed by atoms with Crippen LogP contribution >= 0.6 is 23.2 Å². The topological polar surface area (TPSA) is 100 Å². The summed E-state index contributed by atoms with van der Waals surface area (Å²) < 4.78 is 1.41. The van der Waals surface area contributed by atoms with Crippen LogP contribution in [-0.2, 0) is 20.8 Å². The Balaban J connectivity index is 1.84. The fraction of sp³-hybridized carbons (Fsp3) is 0.0952. The van der Waals surface area contributed by atoms with Gasteiger partial charge >= 0.3 is 17.8 Å². The van der Waals surface area contributed by atoms with Gasteiger partial charge in [-0.15, -0.1) is 0 Å². The van der Waals surface area contributed by atoms with E-state index in [9.17, 15) is 14.4 Å². The van der Waals surface area contributed by atoms with E-state index in [0.717, 1.165) is 5.56 Å². The van der Waals surface area contributed by atoms with Gasteiger partial charge in [-0.1, -0.05) is 35.3 Å². The van der Waals surface area contributed by atoms with Crippen LogP contribution in [-0.4, -0.2) is 27.6 Å². The van der Waals surface area contributed by atoms with Crippen LogP contribution in [0.25, 0.3) is 11.3 Å². The molecular formula is C21H17Cl2N3O4. The highest BCUT2D eigenvalue weighted by Gasteiger charge is 2.19. The zero-order valence-electron chi connectivity index (χ0n) is 15.6. The molecule has 154 valence electrons. The van der Waals surface area contributed by atoms with Gasteiger partial charge in [0.1, 0.15) is 0 Å². The third-order valence-corrected chi connectivity index (χ3v) is 4.72. The van der Waals surface area contributed by atoms with E-state index in [-0.39, 0.29) is 12.8 Å². The smallest absolute Gasteiger partial charge is 0.328 e. The van der Waals surface area contributed by atoms with Gasteiger partial charge in [0, 0.05) is 33.4 Å². The van der Waals surface area contributed by atoms with E-state index in [4.69, 9.17) is 28.3 Å². The molecule has 1 heterocycles. The van der Waals surface area contributed by atoms with Crippen molar-refractivity contribution in [1.82, 2.24) is 4.68 Å². The maximum Gasteiger partial charge on any atom is 0.328 e. The molecule has 0 aliphatic heterocycles. The number of carbonyl (C=O) groups is 3. The minimum Gasteiger partial charge on any atom is -0.481 e. The quantitative estimate of drug-likeness (QED) is 0.495. The van der Waals surface area contributed by atoms with Crippen LogP contribution in [0.2, 0.25) is 10.0 Å². The van der Waals surface area contributed by atoms with Gasteiger partial charge in [0.05, 0.1) is 12.1 Å². The van der Waals surface area contributed by atoms with Crippen molar-refractivity contribution in [3.8, 4) is 11.3 Å². The normalized spacial score (nSPS) is 10.5. The Hall–Kier alpha value is -3.29. The van der Waals surface area contributed by atoms with E-state index >= 15 is 0 Å². The number of anilines is 1. The number of rotatable bonds is 6. The second kappa shape index (κ2) is 9.47. The summed E-state index contributed by atoms with van der Waals surface area (Å²) in [5, 5.41) is 12.5. The summed E-state index contributed by atoms with van der Waals surface area (Å²) in [6.45, 7) is 0. The number of hydrogen-bond acceptors (Lipinski definition) is 3. The van der Waals surface area contributed by atoms with Crippen LogP contribution in [0, 0.1) is 0 Å². The highest BCUT2D eigenvalue weighted by atomic mass is 35.5. The molecule has 0 bridgehead atoms. The largest absolute Gasteiger partial charge is 0.481 e. The monoisotopic (exact) mass is 445 g/mol. The molecule has 7 nitrogen and oxygen atoms in total. The second-order valence-corrected chi connectivity index (χ2v) is 7.22. The summed E-state index contributed by atoms with van der Waals surface area (Å²) in [5.74, 6) is -2.76. The number of carboxylic acid groups (broad SMARTS) is 1. The van der Waals surface area contributed by atoms with Crippen molar-refractivity contribution in [3.63, 3.8) is 0 Å². The maximum atomic E-state index is 12.5. The van der Waals surface area contributed by atoms with Gasteiger partial charge in [0.15, 0.2) is 0 Å². The number of hydrogen-bond donors (Lipinski definition) is 3. The molecule has 0 aliphatic carbocycles. The van der Waals surface area contributed by atoms with Crippen LogP contribution in [0.5, 0.6) is 0 Å². The van der Waals surface area contributed by atoms with Gasteiger partial charge in [0.25, 0.3) is 0 Å². The van der Waals surface area contributed by atoms with Gasteiger partial charge < -0.3 is 10.4 Å². The Kier molecular flexibility index (Phi) is 6.76. The molecular weight excluding hydrogens is 429 g/mol. The van der Waals surface area contributed by atoms with E-state index in [1.54, 1.807) is 60.7 Å². The van der Waals surface area contributed by atoms with Crippen molar-refractivity contribution >= 4 is 46.7 Å². The fourth-order valence-electron chi connectivity index (χ4n) is 2.76. The number of aromatic nitrogens is 1. The molecule has 0 unspecified atom stereocenters. The highest BCUT2D eigenvalue weighted by molar-refractivity contribution is 6.42. The standard InChI is InChI=1S/C21H17Cl2N3O4/c22-14-3-1-13(2-4-14)18-11-9-17(10-12-19(27)28)26(18)25-21(30)20(29)24-16-7-5-15(23)6-8-16/h1-9,11H,10,12H2,(H,24,29)(H,25,30)(H,27,28). The molecule has 0 spiro atoms. The molecule has 0 radical (unpaired) electrons. The minimum atomic E-state index is -0.970. The fourth-order valence-corrected chi connectivity index (χ4v) is 3.01. The van der Waals surface area contributed by atoms with E-state index in [1.807, 2.05) is 0 Å². The Morgan fingerprint density at radius 1 is 0.833 bits per heavy atom. The number of amides is 2. The molecule has 0 saturated carbocycles. The number of aliphatic carboxylic acids is 1. The molecule has 9 heteroatoms. The number of carboxylic acids is 1. The van der Waals surface area contributed by atoms with Crippen LogP contribution < -0.4 is 10.7 Å². The molecule has 2 aromatic carbocycles. The summed E-state index contributed by atoms with van der Waals surface area (Å²) in [5.41, 5.74) is 4.81. The molecule has 0 atom stereocenters.